The third-order valence-corrected chi connectivity index (χ3v) is 1.87. The molecule has 0 radical (unpaired) electrons. The summed E-state index contributed by atoms with van der Waals surface area (Å²) >= 11 is 5.54. The molecule has 1 aromatic rings. The lowest BCUT2D eigenvalue weighted by atomic mass is 10.3. The molecule has 1 atom stereocenters. The molecular weight excluding hydrogens is 220 g/mol. The summed E-state index contributed by atoms with van der Waals surface area (Å²) in [5.74, 6) is -1.37. The van der Waals surface area contributed by atoms with Crippen molar-refractivity contribution in [3.8, 4) is 0 Å². The summed E-state index contributed by atoms with van der Waals surface area (Å²) < 4.78 is 4.74. The maximum absolute atomic E-state index is 11.4. The number of carbonyl (C=O) groups excluding carboxylic acids is 2. The molecule has 0 saturated heterocycles. The first-order valence-corrected chi connectivity index (χ1v) is 4.50. The smallest absolute Gasteiger partial charge is 0.340 e. The Morgan fingerprint density at radius 2 is 2.20 bits per heavy atom. The van der Waals surface area contributed by atoms with Gasteiger partial charge in [0.25, 0.3) is 5.91 Å². The minimum atomic E-state index is -0.965. The lowest BCUT2D eigenvalue weighted by Gasteiger charge is -2.08. The van der Waals surface area contributed by atoms with Crippen LogP contribution in [0.2, 0.25) is 5.15 Å². The van der Waals surface area contributed by atoms with Crippen molar-refractivity contribution >= 4 is 23.5 Å². The molecule has 0 aliphatic carbocycles. The maximum atomic E-state index is 11.4. The molecule has 15 heavy (non-hydrogen) atoms. The van der Waals surface area contributed by atoms with Crippen molar-refractivity contribution in [2.75, 3.05) is 0 Å². The van der Waals surface area contributed by atoms with Gasteiger partial charge in [-0.3, -0.25) is 4.79 Å². The van der Waals surface area contributed by atoms with E-state index in [-0.39, 0.29) is 10.7 Å². The van der Waals surface area contributed by atoms with Crippen molar-refractivity contribution in [1.29, 1.82) is 0 Å². The Morgan fingerprint density at radius 3 is 2.67 bits per heavy atom. The highest BCUT2D eigenvalue weighted by molar-refractivity contribution is 6.29. The lowest BCUT2D eigenvalue weighted by Crippen LogP contribution is -2.30. The number of ether oxygens (including phenoxy) is 1. The lowest BCUT2D eigenvalue weighted by molar-refractivity contribution is -0.125. The Labute approximate surface area is 91.2 Å². The van der Waals surface area contributed by atoms with Gasteiger partial charge in [0.15, 0.2) is 6.10 Å². The van der Waals surface area contributed by atoms with Gasteiger partial charge in [-0.1, -0.05) is 11.6 Å². The predicted molar refractivity (Wildman–Crippen MR) is 53.3 cm³/mol. The van der Waals surface area contributed by atoms with E-state index in [9.17, 15) is 9.59 Å². The Balaban J connectivity index is 2.69. The van der Waals surface area contributed by atoms with E-state index >= 15 is 0 Å². The van der Waals surface area contributed by atoms with E-state index in [1.165, 1.54) is 25.3 Å². The second-order valence-corrected chi connectivity index (χ2v) is 3.21. The molecule has 0 aliphatic rings. The van der Waals surface area contributed by atoms with Gasteiger partial charge in [-0.2, -0.15) is 0 Å². The van der Waals surface area contributed by atoms with Gasteiger partial charge in [-0.05, 0) is 19.1 Å². The van der Waals surface area contributed by atoms with Crippen molar-refractivity contribution in [3.63, 3.8) is 0 Å². The number of carbonyl (C=O) groups is 2. The number of halogens is 1. The highest BCUT2D eigenvalue weighted by atomic mass is 35.5. The number of amides is 1. The SMILES string of the molecule is C[C@H](OC(=O)c1ccc(Cl)nc1)C(N)=O. The summed E-state index contributed by atoms with van der Waals surface area (Å²) in [6, 6.07) is 2.90. The number of rotatable bonds is 3. The molecule has 5 nitrogen and oxygen atoms in total. The van der Waals surface area contributed by atoms with Crippen LogP contribution in [0.3, 0.4) is 0 Å². The van der Waals surface area contributed by atoms with Crippen LogP contribution in [-0.4, -0.2) is 23.0 Å². The molecular formula is C9H9ClN2O3. The van der Waals surface area contributed by atoms with Crippen LogP contribution in [0.15, 0.2) is 18.3 Å². The van der Waals surface area contributed by atoms with Crippen molar-refractivity contribution in [2.24, 2.45) is 5.73 Å². The molecule has 0 unspecified atom stereocenters. The molecule has 1 aromatic heterocycles. The number of primary amides is 1. The molecule has 2 N–H and O–H groups in total. The zero-order valence-electron chi connectivity index (χ0n) is 7.94. The fourth-order valence-electron chi connectivity index (χ4n) is 0.783. The summed E-state index contributed by atoms with van der Waals surface area (Å²) in [6.45, 7) is 1.39. The third kappa shape index (κ3) is 3.21. The molecule has 1 amide bonds. The average Bonchev–Trinajstić information content (AvgIpc) is 2.18. The van der Waals surface area contributed by atoms with Crippen LogP contribution >= 0.6 is 11.6 Å². The van der Waals surface area contributed by atoms with E-state index in [0.717, 1.165) is 0 Å². The minimum absolute atomic E-state index is 0.215. The molecule has 0 saturated carbocycles. The van der Waals surface area contributed by atoms with Gasteiger partial charge in [0.05, 0.1) is 5.56 Å². The molecule has 1 rings (SSSR count). The van der Waals surface area contributed by atoms with Crippen LogP contribution in [0.25, 0.3) is 0 Å². The van der Waals surface area contributed by atoms with Gasteiger partial charge in [-0.15, -0.1) is 0 Å². The molecule has 0 spiro atoms. The zero-order valence-corrected chi connectivity index (χ0v) is 8.69. The van der Waals surface area contributed by atoms with E-state index in [2.05, 4.69) is 4.98 Å². The molecule has 6 heteroatoms. The summed E-state index contributed by atoms with van der Waals surface area (Å²) in [5, 5.41) is 0.273. The predicted octanol–water partition coefficient (Wildman–Crippen LogP) is 0.766. The summed E-state index contributed by atoms with van der Waals surface area (Å²) in [7, 11) is 0. The van der Waals surface area contributed by atoms with Crippen LogP contribution in [0.5, 0.6) is 0 Å². The molecule has 0 bridgehead atoms. The molecule has 0 aromatic carbocycles. The number of aromatic nitrogens is 1. The fourth-order valence-corrected chi connectivity index (χ4v) is 0.895. The van der Waals surface area contributed by atoms with Crippen LogP contribution in [0, 0.1) is 0 Å². The maximum Gasteiger partial charge on any atom is 0.340 e. The van der Waals surface area contributed by atoms with E-state index in [0.29, 0.717) is 0 Å². The summed E-state index contributed by atoms with van der Waals surface area (Å²) in [6.07, 6.45) is 0.298. The van der Waals surface area contributed by atoms with Crippen LogP contribution in [0.1, 0.15) is 17.3 Å². The highest BCUT2D eigenvalue weighted by Gasteiger charge is 2.16. The van der Waals surface area contributed by atoms with E-state index in [1.807, 2.05) is 0 Å². The van der Waals surface area contributed by atoms with E-state index in [1.54, 1.807) is 0 Å². The van der Waals surface area contributed by atoms with Gasteiger partial charge >= 0.3 is 5.97 Å². The van der Waals surface area contributed by atoms with Crippen LogP contribution < -0.4 is 5.73 Å². The molecule has 1 heterocycles. The second kappa shape index (κ2) is 4.75. The first kappa shape index (κ1) is 11.5. The van der Waals surface area contributed by atoms with Gasteiger partial charge < -0.3 is 10.5 Å². The first-order valence-electron chi connectivity index (χ1n) is 4.12. The van der Waals surface area contributed by atoms with Crippen molar-refractivity contribution in [3.05, 3.63) is 29.0 Å². The summed E-state index contributed by atoms with van der Waals surface area (Å²) in [4.78, 5) is 25.7. The van der Waals surface area contributed by atoms with E-state index < -0.39 is 18.0 Å². The van der Waals surface area contributed by atoms with Crippen molar-refractivity contribution in [1.82, 2.24) is 4.98 Å². The topological polar surface area (TPSA) is 82.3 Å². The number of hydrogen-bond acceptors (Lipinski definition) is 4. The molecule has 80 valence electrons. The number of pyridine rings is 1. The van der Waals surface area contributed by atoms with Gasteiger partial charge in [0.1, 0.15) is 5.15 Å². The first-order chi connectivity index (χ1) is 7.00. The van der Waals surface area contributed by atoms with Gasteiger partial charge in [0.2, 0.25) is 0 Å². The monoisotopic (exact) mass is 228 g/mol. The normalized spacial score (nSPS) is 11.9. The number of hydrogen-bond donors (Lipinski definition) is 1. The van der Waals surface area contributed by atoms with Gasteiger partial charge in [-0.25, -0.2) is 9.78 Å². The van der Waals surface area contributed by atoms with Gasteiger partial charge in [0, 0.05) is 6.20 Å². The van der Waals surface area contributed by atoms with Crippen molar-refractivity contribution in [2.45, 2.75) is 13.0 Å². The zero-order chi connectivity index (χ0) is 11.4. The Morgan fingerprint density at radius 1 is 1.53 bits per heavy atom. The van der Waals surface area contributed by atoms with Crippen molar-refractivity contribution < 1.29 is 14.3 Å². The largest absolute Gasteiger partial charge is 0.449 e. The summed E-state index contributed by atoms with van der Waals surface area (Å²) in [5.41, 5.74) is 5.15. The minimum Gasteiger partial charge on any atom is -0.449 e. The van der Waals surface area contributed by atoms with Crippen LogP contribution in [-0.2, 0) is 9.53 Å². The highest BCUT2D eigenvalue weighted by Crippen LogP contribution is 2.07. The number of nitrogens with zero attached hydrogens (tertiary/aromatic N) is 1. The van der Waals surface area contributed by atoms with Crippen LogP contribution in [0.4, 0.5) is 0 Å². The van der Waals surface area contributed by atoms with E-state index in [4.69, 9.17) is 22.1 Å². The Hall–Kier alpha value is -1.62. The average molecular weight is 229 g/mol. The molecule has 0 aliphatic heterocycles. The fraction of sp³-hybridized carbons (Fsp3) is 0.222. The molecule has 0 fully saturated rings. The quantitative estimate of drug-likeness (QED) is 0.612. The third-order valence-electron chi connectivity index (χ3n) is 1.65. The standard InChI is InChI=1S/C9H9ClN2O3/c1-5(8(11)13)15-9(14)6-2-3-7(10)12-4-6/h2-5H,1H3,(H2,11,13)/t5-/m0/s1. The Kier molecular flexibility index (Phi) is 3.62. The number of esters is 1. The Bertz CT molecular complexity index is 377. The second-order valence-electron chi connectivity index (χ2n) is 2.82. The number of nitrogens with two attached hydrogens (primary N) is 1.